The van der Waals surface area contributed by atoms with Crippen LogP contribution in [0.2, 0.25) is 0 Å². The van der Waals surface area contributed by atoms with Gasteiger partial charge in [-0.2, -0.15) is 0 Å². The quantitative estimate of drug-likeness (QED) is 0.195. The third-order valence-corrected chi connectivity index (χ3v) is 15.5. The van der Waals surface area contributed by atoms with E-state index in [1.54, 1.807) is 12.2 Å². The number of benzene rings is 1. The first-order chi connectivity index (χ1) is 21.8. The van der Waals surface area contributed by atoms with Crippen molar-refractivity contribution in [2.45, 2.75) is 145 Å². The number of ether oxygens (including phenoxy) is 2. The van der Waals surface area contributed by atoms with Gasteiger partial charge < -0.3 is 14.6 Å². The summed E-state index contributed by atoms with van der Waals surface area (Å²) in [5.41, 5.74) is 3.48. The van der Waals surface area contributed by atoms with Crippen LogP contribution in [0.15, 0.2) is 24.3 Å². The summed E-state index contributed by atoms with van der Waals surface area (Å²) in [6, 6.07) is 5.66. The van der Waals surface area contributed by atoms with Crippen LogP contribution < -0.4 is 4.74 Å². The number of hydrogen-bond acceptors (Lipinski definition) is 4. The van der Waals surface area contributed by atoms with Crippen LogP contribution in [-0.4, -0.2) is 23.8 Å². The van der Waals surface area contributed by atoms with E-state index in [1.165, 1.54) is 70.6 Å². The standard InChI is InChI=1S/C42H64O4/c1-9-45-33-15-13-30(25-31(33)26-43)14-18-37(44)46-36-20-22-41-27-42(41)24-23-39(7)32(29(4)12-10-11-28(2)3)19-21-40(39,8)35(42)17-16-34(41)38(36,5)6/h13-15,18,25,28-29,32,34-36,43H,9-12,16-17,19-24,26-27H2,1-8H3/b18-14+. The van der Waals surface area contributed by atoms with Crippen LogP contribution in [0.3, 0.4) is 0 Å². The van der Waals surface area contributed by atoms with E-state index >= 15 is 0 Å². The van der Waals surface area contributed by atoms with Crippen LogP contribution >= 0.6 is 0 Å². The molecule has 256 valence electrons. The van der Waals surface area contributed by atoms with E-state index in [2.05, 4.69) is 48.5 Å². The summed E-state index contributed by atoms with van der Waals surface area (Å²) in [6.45, 7) is 20.0. The summed E-state index contributed by atoms with van der Waals surface area (Å²) in [7, 11) is 0. The highest BCUT2D eigenvalue weighted by Gasteiger charge is 2.82. The van der Waals surface area contributed by atoms with Gasteiger partial charge in [0.25, 0.3) is 0 Å². The number of hydrogen-bond donors (Lipinski definition) is 1. The first-order valence-corrected chi connectivity index (χ1v) is 19.0. The topological polar surface area (TPSA) is 55.8 Å². The van der Waals surface area contributed by atoms with Crippen LogP contribution in [0.5, 0.6) is 5.75 Å². The molecule has 9 unspecified atom stereocenters. The number of fused-ring (bicyclic) bond motifs is 2. The Bertz CT molecular complexity index is 1310. The van der Waals surface area contributed by atoms with Gasteiger partial charge in [0.15, 0.2) is 0 Å². The molecule has 2 spiro atoms. The lowest BCUT2D eigenvalue weighted by Gasteiger charge is -2.63. The van der Waals surface area contributed by atoms with Crippen LogP contribution in [0.25, 0.3) is 6.08 Å². The van der Waals surface area contributed by atoms with E-state index in [-0.39, 0.29) is 24.1 Å². The van der Waals surface area contributed by atoms with Crippen LogP contribution in [0.1, 0.15) is 144 Å². The fourth-order valence-electron chi connectivity index (χ4n) is 13.0. The lowest BCUT2D eigenvalue weighted by atomic mass is 9.41. The zero-order valence-electron chi connectivity index (χ0n) is 30.4. The first-order valence-electron chi connectivity index (χ1n) is 19.0. The third-order valence-electron chi connectivity index (χ3n) is 15.5. The summed E-state index contributed by atoms with van der Waals surface area (Å²) in [4.78, 5) is 13.2. The number of aliphatic hydroxyl groups excluding tert-OH is 1. The average Bonchev–Trinajstić information content (AvgIpc) is 3.59. The van der Waals surface area contributed by atoms with Gasteiger partial charge in [0.05, 0.1) is 13.2 Å². The minimum atomic E-state index is -0.256. The number of carbonyl (C=O) groups excluding carboxylic acids is 1. The van der Waals surface area contributed by atoms with Crippen LogP contribution in [0.4, 0.5) is 0 Å². The van der Waals surface area contributed by atoms with Crippen molar-refractivity contribution in [1.82, 2.24) is 0 Å². The first kappa shape index (κ1) is 34.1. The fourth-order valence-corrected chi connectivity index (χ4v) is 13.0. The van der Waals surface area contributed by atoms with Gasteiger partial charge in [-0.1, -0.05) is 73.8 Å². The Morgan fingerprint density at radius 3 is 2.39 bits per heavy atom. The second kappa shape index (κ2) is 12.3. The van der Waals surface area contributed by atoms with Gasteiger partial charge in [0.2, 0.25) is 0 Å². The maximum absolute atomic E-state index is 13.2. The van der Waals surface area contributed by atoms with Crippen molar-refractivity contribution in [2.75, 3.05) is 6.61 Å². The molecule has 0 aromatic heterocycles. The number of aliphatic hydroxyl groups is 1. The third kappa shape index (κ3) is 5.21. The molecule has 6 rings (SSSR count). The maximum Gasteiger partial charge on any atom is 0.331 e. The Kier molecular flexibility index (Phi) is 9.08. The molecule has 5 aliphatic rings. The minimum Gasteiger partial charge on any atom is -0.494 e. The van der Waals surface area contributed by atoms with Gasteiger partial charge >= 0.3 is 5.97 Å². The molecule has 4 heteroatoms. The molecule has 1 N–H and O–H groups in total. The molecule has 9 atom stereocenters. The highest BCUT2D eigenvalue weighted by Crippen LogP contribution is 2.89. The lowest BCUT2D eigenvalue weighted by Crippen LogP contribution is -2.58. The van der Waals surface area contributed by atoms with E-state index in [4.69, 9.17) is 9.47 Å². The number of esters is 1. The van der Waals surface area contributed by atoms with Gasteiger partial charge in [-0.25, -0.2) is 4.79 Å². The zero-order chi connectivity index (χ0) is 33.1. The molecule has 1 aromatic carbocycles. The van der Waals surface area contributed by atoms with E-state index in [0.717, 1.165) is 41.2 Å². The number of carbonyl (C=O) groups is 1. The summed E-state index contributed by atoms with van der Waals surface area (Å²) >= 11 is 0. The molecule has 0 amide bonds. The maximum atomic E-state index is 13.2. The minimum absolute atomic E-state index is 0.0236. The predicted octanol–water partition coefficient (Wildman–Crippen LogP) is 10.4. The van der Waals surface area contributed by atoms with Gasteiger partial charge in [-0.3, -0.25) is 0 Å². The fraction of sp³-hybridized carbons (Fsp3) is 0.786. The lowest BCUT2D eigenvalue weighted by molar-refractivity contribution is -0.179. The van der Waals surface area contributed by atoms with Crippen molar-refractivity contribution in [3.05, 3.63) is 35.4 Å². The number of rotatable bonds is 11. The normalized spacial score (nSPS) is 39.7. The molecule has 0 radical (unpaired) electrons. The van der Waals surface area contributed by atoms with Crippen molar-refractivity contribution < 1.29 is 19.4 Å². The van der Waals surface area contributed by atoms with Crippen molar-refractivity contribution in [1.29, 1.82) is 0 Å². The molecule has 4 nitrogen and oxygen atoms in total. The van der Waals surface area contributed by atoms with Gasteiger partial charge in [0, 0.05) is 17.1 Å². The Hall–Kier alpha value is -1.81. The largest absolute Gasteiger partial charge is 0.494 e. The molecule has 1 aromatic rings. The second-order valence-electron chi connectivity index (χ2n) is 18.0. The molecule has 0 heterocycles. The van der Waals surface area contributed by atoms with Crippen LogP contribution in [0, 0.1) is 56.7 Å². The molecular formula is C42H64O4. The van der Waals surface area contributed by atoms with Gasteiger partial charge in [-0.15, -0.1) is 0 Å². The highest BCUT2D eigenvalue weighted by atomic mass is 16.5. The van der Waals surface area contributed by atoms with Crippen molar-refractivity contribution in [3.8, 4) is 5.75 Å². The highest BCUT2D eigenvalue weighted by molar-refractivity contribution is 5.87. The van der Waals surface area contributed by atoms with Crippen molar-refractivity contribution in [2.24, 2.45) is 56.7 Å². The predicted molar refractivity (Wildman–Crippen MR) is 187 cm³/mol. The molecule has 5 saturated carbocycles. The Labute approximate surface area is 280 Å². The monoisotopic (exact) mass is 632 g/mol. The smallest absolute Gasteiger partial charge is 0.331 e. The van der Waals surface area contributed by atoms with E-state index in [1.807, 2.05) is 25.1 Å². The summed E-state index contributed by atoms with van der Waals surface area (Å²) in [5, 5.41) is 9.76. The molecular weight excluding hydrogens is 568 g/mol. The molecule has 0 saturated heterocycles. The Balaban J connectivity index is 1.13. The summed E-state index contributed by atoms with van der Waals surface area (Å²) in [6.07, 6.45) is 19.5. The second-order valence-corrected chi connectivity index (χ2v) is 18.0. The SMILES string of the molecule is CCOc1ccc(/C=C/C(=O)OC2CCC34CC35CCC3(C)C(C(C)CCCC(C)C)CCC3(C)C5CCC4C2(C)C)cc1CO. The van der Waals surface area contributed by atoms with E-state index < -0.39 is 0 Å². The van der Waals surface area contributed by atoms with Gasteiger partial charge in [-0.05, 0) is 140 Å². The Morgan fingerprint density at radius 2 is 1.67 bits per heavy atom. The molecule has 0 aliphatic heterocycles. The van der Waals surface area contributed by atoms with Crippen molar-refractivity contribution in [3.63, 3.8) is 0 Å². The average molecular weight is 633 g/mol. The molecule has 5 aliphatic carbocycles. The Morgan fingerprint density at radius 1 is 0.935 bits per heavy atom. The molecule has 5 fully saturated rings. The van der Waals surface area contributed by atoms with E-state index in [0.29, 0.717) is 39.9 Å². The molecule has 46 heavy (non-hydrogen) atoms. The van der Waals surface area contributed by atoms with Crippen molar-refractivity contribution >= 4 is 12.0 Å². The van der Waals surface area contributed by atoms with Gasteiger partial charge in [0.1, 0.15) is 11.9 Å². The molecule has 0 bridgehead atoms. The summed E-state index contributed by atoms with van der Waals surface area (Å²) < 4.78 is 11.9. The summed E-state index contributed by atoms with van der Waals surface area (Å²) in [5.74, 6) is 4.46. The zero-order valence-corrected chi connectivity index (χ0v) is 30.4. The van der Waals surface area contributed by atoms with Crippen LogP contribution in [-0.2, 0) is 16.1 Å². The van der Waals surface area contributed by atoms with E-state index in [9.17, 15) is 9.90 Å².